The van der Waals surface area contributed by atoms with Crippen LogP contribution in [0.1, 0.15) is 40.5 Å². The molecule has 1 rings (SSSR count). The van der Waals surface area contributed by atoms with Gasteiger partial charge in [-0.25, -0.2) is 0 Å². The first-order valence-corrected chi connectivity index (χ1v) is 7.43. The van der Waals surface area contributed by atoms with Gasteiger partial charge in [-0.05, 0) is 38.8 Å². The zero-order chi connectivity index (χ0) is 13.7. The Morgan fingerprint density at radius 3 is 2.39 bits per heavy atom. The molecule has 1 heterocycles. The van der Waals surface area contributed by atoms with E-state index in [9.17, 15) is 0 Å². The van der Waals surface area contributed by atoms with Crippen molar-refractivity contribution >= 4 is 0 Å². The van der Waals surface area contributed by atoms with Crippen molar-refractivity contribution in [2.75, 3.05) is 27.2 Å². The van der Waals surface area contributed by atoms with Crippen molar-refractivity contribution in [2.24, 2.45) is 11.8 Å². The second-order valence-corrected chi connectivity index (χ2v) is 6.56. The summed E-state index contributed by atoms with van der Waals surface area (Å²) in [6.07, 6.45) is 2.75. The molecule has 3 atom stereocenters. The first kappa shape index (κ1) is 15.9. The second-order valence-electron chi connectivity index (χ2n) is 6.56. The van der Waals surface area contributed by atoms with Crippen molar-refractivity contribution in [1.29, 1.82) is 0 Å². The zero-order valence-electron chi connectivity index (χ0n) is 13.1. The van der Waals surface area contributed by atoms with Crippen molar-refractivity contribution in [3.63, 3.8) is 0 Å². The maximum atomic E-state index is 5.82. The summed E-state index contributed by atoms with van der Waals surface area (Å²) in [5.74, 6) is 1.32. The Labute approximate surface area is 113 Å². The average molecular weight is 256 g/mol. The van der Waals surface area contributed by atoms with E-state index in [1.807, 2.05) is 0 Å². The number of nitrogens with zero attached hydrogens (tertiary/aromatic N) is 1. The van der Waals surface area contributed by atoms with Gasteiger partial charge in [0.1, 0.15) is 0 Å². The summed E-state index contributed by atoms with van der Waals surface area (Å²) < 4.78 is 5.82. The standard InChI is InChI=1S/C15H32N2O/c1-11(2)14(17(5)6)10-16-13-7-8-18-15(9-13)12(3)4/h11-16H,7-10H2,1-6H3. The van der Waals surface area contributed by atoms with E-state index in [1.54, 1.807) is 0 Å². The summed E-state index contributed by atoms with van der Waals surface area (Å²) in [5.41, 5.74) is 0. The maximum Gasteiger partial charge on any atom is 0.0612 e. The third-order valence-corrected chi connectivity index (χ3v) is 4.11. The SMILES string of the molecule is CC(C)C1CC(NCC(C(C)C)N(C)C)CCO1. The third kappa shape index (κ3) is 4.87. The minimum Gasteiger partial charge on any atom is -0.378 e. The molecule has 1 saturated heterocycles. The van der Waals surface area contributed by atoms with Crippen molar-refractivity contribution in [1.82, 2.24) is 10.2 Å². The van der Waals surface area contributed by atoms with E-state index in [4.69, 9.17) is 4.74 Å². The summed E-state index contributed by atoms with van der Waals surface area (Å²) >= 11 is 0. The molecule has 3 unspecified atom stereocenters. The number of rotatable bonds is 6. The topological polar surface area (TPSA) is 24.5 Å². The molecule has 0 saturated carbocycles. The van der Waals surface area contributed by atoms with Gasteiger partial charge in [-0.3, -0.25) is 0 Å². The van der Waals surface area contributed by atoms with Gasteiger partial charge in [0.2, 0.25) is 0 Å². The van der Waals surface area contributed by atoms with Gasteiger partial charge in [-0.2, -0.15) is 0 Å². The molecule has 1 aliphatic rings. The lowest BCUT2D eigenvalue weighted by Crippen LogP contribution is -2.47. The van der Waals surface area contributed by atoms with Crippen LogP contribution in [0.2, 0.25) is 0 Å². The number of ether oxygens (including phenoxy) is 1. The predicted octanol–water partition coefficient (Wildman–Crippen LogP) is 2.37. The highest BCUT2D eigenvalue weighted by atomic mass is 16.5. The summed E-state index contributed by atoms with van der Waals surface area (Å²) in [5, 5.41) is 3.75. The molecular formula is C15H32N2O. The number of likely N-dealkylation sites (N-methyl/N-ethyl adjacent to an activating group) is 1. The maximum absolute atomic E-state index is 5.82. The fourth-order valence-electron chi connectivity index (χ4n) is 2.78. The van der Waals surface area contributed by atoms with Crippen molar-refractivity contribution in [2.45, 2.75) is 58.7 Å². The van der Waals surface area contributed by atoms with Crippen LogP contribution < -0.4 is 5.32 Å². The van der Waals surface area contributed by atoms with Gasteiger partial charge < -0.3 is 15.0 Å². The molecule has 0 spiro atoms. The normalized spacial score (nSPS) is 27.2. The first-order valence-electron chi connectivity index (χ1n) is 7.43. The lowest BCUT2D eigenvalue weighted by Gasteiger charge is -2.35. The number of hydrogen-bond acceptors (Lipinski definition) is 3. The molecule has 1 aliphatic heterocycles. The van der Waals surface area contributed by atoms with Crippen LogP contribution in [-0.2, 0) is 4.74 Å². The van der Waals surface area contributed by atoms with Gasteiger partial charge >= 0.3 is 0 Å². The van der Waals surface area contributed by atoms with E-state index in [2.05, 4.69) is 52.0 Å². The smallest absolute Gasteiger partial charge is 0.0612 e. The van der Waals surface area contributed by atoms with Gasteiger partial charge in [0, 0.05) is 25.2 Å². The van der Waals surface area contributed by atoms with Gasteiger partial charge in [0.05, 0.1) is 6.10 Å². The molecule has 0 aromatic carbocycles. The van der Waals surface area contributed by atoms with E-state index >= 15 is 0 Å². The first-order chi connectivity index (χ1) is 8.41. The third-order valence-electron chi connectivity index (χ3n) is 4.11. The minimum absolute atomic E-state index is 0.438. The lowest BCUT2D eigenvalue weighted by molar-refractivity contribution is -0.0252. The van der Waals surface area contributed by atoms with E-state index in [-0.39, 0.29) is 0 Å². The van der Waals surface area contributed by atoms with Crippen LogP contribution in [0.15, 0.2) is 0 Å². The van der Waals surface area contributed by atoms with Crippen molar-refractivity contribution in [3.8, 4) is 0 Å². The summed E-state index contributed by atoms with van der Waals surface area (Å²) in [7, 11) is 4.35. The van der Waals surface area contributed by atoms with Crippen LogP contribution in [-0.4, -0.2) is 50.3 Å². The van der Waals surface area contributed by atoms with Crippen LogP contribution in [0.25, 0.3) is 0 Å². The molecule has 0 bridgehead atoms. The average Bonchev–Trinajstić information content (AvgIpc) is 2.28. The molecule has 1 N–H and O–H groups in total. The van der Waals surface area contributed by atoms with Crippen LogP contribution in [0, 0.1) is 11.8 Å². The number of hydrogen-bond donors (Lipinski definition) is 1. The molecule has 108 valence electrons. The highest BCUT2D eigenvalue weighted by molar-refractivity contribution is 4.81. The van der Waals surface area contributed by atoms with Gasteiger partial charge in [0.15, 0.2) is 0 Å². The fraction of sp³-hybridized carbons (Fsp3) is 1.00. The Morgan fingerprint density at radius 2 is 1.89 bits per heavy atom. The zero-order valence-corrected chi connectivity index (χ0v) is 13.1. The van der Waals surface area contributed by atoms with Crippen LogP contribution in [0.3, 0.4) is 0 Å². The Hall–Kier alpha value is -0.120. The van der Waals surface area contributed by atoms with E-state index in [1.165, 1.54) is 0 Å². The molecule has 0 amide bonds. The number of nitrogens with one attached hydrogen (secondary N) is 1. The second kappa shape index (κ2) is 7.46. The van der Waals surface area contributed by atoms with Crippen molar-refractivity contribution in [3.05, 3.63) is 0 Å². The molecule has 0 radical (unpaired) electrons. The van der Waals surface area contributed by atoms with Gasteiger partial charge in [-0.15, -0.1) is 0 Å². The molecule has 0 aliphatic carbocycles. The van der Waals surface area contributed by atoms with Gasteiger partial charge in [0.25, 0.3) is 0 Å². The van der Waals surface area contributed by atoms with E-state index < -0.39 is 0 Å². The largest absolute Gasteiger partial charge is 0.378 e. The Balaban J connectivity index is 2.38. The van der Waals surface area contributed by atoms with Crippen molar-refractivity contribution < 1.29 is 4.74 Å². The van der Waals surface area contributed by atoms with Crippen LogP contribution in [0.5, 0.6) is 0 Å². The summed E-state index contributed by atoms with van der Waals surface area (Å²) in [6, 6.07) is 1.25. The Kier molecular flexibility index (Phi) is 6.61. The monoisotopic (exact) mass is 256 g/mol. The quantitative estimate of drug-likeness (QED) is 0.789. The molecule has 0 aromatic rings. The molecule has 1 fully saturated rings. The van der Waals surface area contributed by atoms with Crippen LogP contribution in [0.4, 0.5) is 0 Å². The van der Waals surface area contributed by atoms with E-state index in [0.29, 0.717) is 30.0 Å². The lowest BCUT2D eigenvalue weighted by atomic mass is 9.94. The van der Waals surface area contributed by atoms with E-state index in [0.717, 1.165) is 26.0 Å². The Morgan fingerprint density at radius 1 is 1.22 bits per heavy atom. The minimum atomic E-state index is 0.438. The summed E-state index contributed by atoms with van der Waals surface area (Å²) in [6.45, 7) is 11.1. The molecule has 18 heavy (non-hydrogen) atoms. The molecular weight excluding hydrogens is 224 g/mol. The summed E-state index contributed by atoms with van der Waals surface area (Å²) in [4.78, 5) is 2.33. The molecule has 0 aromatic heterocycles. The van der Waals surface area contributed by atoms with Crippen LogP contribution >= 0.6 is 0 Å². The highest BCUT2D eigenvalue weighted by Gasteiger charge is 2.25. The predicted molar refractivity (Wildman–Crippen MR) is 77.9 cm³/mol. The highest BCUT2D eigenvalue weighted by Crippen LogP contribution is 2.20. The molecule has 3 nitrogen and oxygen atoms in total. The Bertz CT molecular complexity index is 221. The van der Waals surface area contributed by atoms with Gasteiger partial charge in [-0.1, -0.05) is 27.7 Å². The molecule has 3 heteroatoms. The fourth-order valence-corrected chi connectivity index (χ4v) is 2.78.